The van der Waals surface area contributed by atoms with E-state index in [2.05, 4.69) is 6.07 Å². The highest BCUT2D eigenvalue weighted by Crippen LogP contribution is 2.29. The largest absolute Gasteiger partial charge is 0.192 e. The molecule has 2 aromatic carbocycles. The van der Waals surface area contributed by atoms with E-state index in [1.54, 1.807) is 11.8 Å². The molecule has 1 nitrogen and oxygen atoms in total. The summed E-state index contributed by atoms with van der Waals surface area (Å²) in [7, 11) is 0. The average molecular weight is 308 g/mol. The van der Waals surface area contributed by atoms with Crippen LogP contribution < -0.4 is 0 Å². The second kappa shape index (κ2) is 6.86. The lowest BCUT2D eigenvalue weighted by molar-refractivity contribution is 1.36. The van der Waals surface area contributed by atoms with Crippen LogP contribution in [0.5, 0.6) is 0 Å². The molecular weight excluding hydrogens is 297 g/mol. The lowest BCUT2D eigenvalue weighted by Gasteiger charge is -2.06. The maximum Gasteiger partial charge on any atom is 0.0991 e. The Morgan fingerprint density at radius 3 is 2.16 bits per heavy atom. The predicted octanol–water partition coefficient (Wildman–Crippen LogP) is 5.30. The monoisotopic (exact) mass is 307 g/mol. The van der Waals surface area contributed by atoms with E-state index in [0.29, 0.717) is 15.6 Å². The molecule has 0 aromatic heterocycles. The van der Waals surface area contributed by atoms with Crippen LogP contribution in [0.15, 0.2) is 42.5 Å². The molecule has 0 heterocycles. The summed E-state index contributed by atoms with van der Waals surface area (Å²) in [6.45, 7) is 0. The fraction of sp³-hybridized carbons (Fsp3) is 0.133. The van der Waals surface area contributed by atoms with Crippen molar-refractivity contribution in [1.82, 2.24) is 0 Å². The third-order valence-corrected chi connectivity index (χ3v) is 4.40. The molecule has 0 radical (unpaired) electrons. The molecule has 0 bridgehead atoms. The molecule has 4 heteroatoms. The molecule has 0 N–H and O–H groups in total. The summed E-state index contributed by atoms with van der Waals surface area (Å²) >= 11 is 14.0. The normalized spacial score (nSPS) is 10.2. The molecule has 0 atom stereocenters. The highest BCUT2D eigenvalue weighted by molar-refractivity contribution is 7.97. The van der Waals surface area contributed by atoms with E-state index < -0.39 is 0 Å². The number of nitriles is 1. The zero-order chi connectivity index (χ0) is 13.7. The van der Waals surface area contributed by atoms with Gasteiger partial charge in [0, 0.05) is 21.6 Å². The molecule has 0 aliphatic carbocycles. The third kappa shape index (κ3) is 3.91. The van der Waals surface area contributed by atoms with Gasteiger partial charge in [0.25, 0.3) is 0 Å². The number of halogens is 2. The number of benzene rings is 2. The minimum atomic E-state index is 0.683. The molecule has 2 rings (SSSR count). The van der Waals surface area contributed by atoms with Gasteiger partial charge in [-0.3, -0.25) is 0 Å². The molecule has 0 aliphatic heterocycles. The van der Waals surface area contributed by atoms with Crippen LogP contribution in [0.4, 0.5) is 0 Å². The number of rotatable bonds is 4. The maximum atomic E-state index is 8.73. The zero-order valence-corrected chi connectivity index (χ0v) is 12.4. The van der Waals surface area contributed by atoms with Gasteiger partial charge >= 0.3 is 0 Å². The summed E-state index contributed by atoms with van der Waals surface area (Å²) in [5, 5.41) is 10.1. The summed E-state index contributed by atoms with van der Waals surface area (Å²) in [6, 6.07) is 15.3. The van der Waals surface area contributed by atoms with Gasteiger partial charge in [0.15, 0.2) is 0 Å². The first-order valence-electron chi connectivity index (χ1n) is 5.70. The molecule has 19 heavy (non-hydrogen) atoms. The molecule has 0 aliphatic rings. The Morgan fingerprint density at radius 1 is 0.947 bits per heavy atom. The minimum absolute atomic E-state index is 0.683. The van der Waals surface area contributed by atoms with Crippen molar-refractivity contribution < 1.29 is 0 Å². The lowest BCUT2D eigenvalue weighted by atomic mass is 10.2. The van der Waals surface area contributed by atoms with E-state index in [-0.39, 0.29) is 0 Å². The summed E-state index contributed by atoms with van der Waals surface area (Å²) in [4.78, 5) is 0. The van der Waals surface area contributed by atoms with E-state index in [1.807, 2.05) is 42.5 Å². The molecule has 2 aromatic rings. The minimum Gasteiger partial charge on any atom is -0.192 e. The topological polar surface area (TPSA) is 23.8 Å². The molecule has 0 unspecified atom stereocenters. The van der Waals surface area contributed by atoms with Gasteiger partial charge in [0.2, 0.25) is 0 Å². The Hall–Kier alpha value is -1.14. The maximum absolute atomic E-state index is 8.73. The fourth-order valence-corrected chi connectivity index (χ4v) is 3.35. The summed E-state index contributed by atoms with van der Waals surface area (Å²) in [6.07, 6.45) is 0. The first kappa shape index (κ1) is 14.3. The van der Waals surface area contributed by atoms with Gasteiger partial charge in [-0.25, -0.2) is 0 Å². The van der Waals surface area contributed by atoms with E-state index in [4.69, 9.17) is 28.5 Å². The molecule has 0 saturated carbocycles. The molecule has 0 amide bonds. The van der Waals surface area contributed by atoms with E-state index in [1.165, 1.54) is 5.56 Å². The summed E-state index contributed by atoms with van der Waals surface area (Å²) in [5.41, 5.74) is 2.85. The van der Waals surface area contributed by atoms with Crippen molar-refractivity contribution >= 4 is 35.0 Å². The van der Waals surface area contributed by atoms with Crippen LogP contribution in [0.3, 0.4) is 0 Å². The van der Waals surface area contributed by atoms with Gasteiger partial charge in [-0.05, 0) is 35.4 Å². The van der Waals surface area contributed by atoms with E-state index in [0.717, 1.165) is 17.1 Å². The summed E-state index contributed by atoms with van der Waals surface area (Å²) in [5.74, 6) is 1.64. The van der Waals surface area contributed by atoms with E-state index >= 15 is 0 Å². The molecular formula is C15H11Cl2NS. The Bertz CT molecular complexity index is 582. The average Bonchev–Trinajstić information content (AvgIpc) is 2.43. The van der Waals surface area contributed by atoms with Crippen LogP contribution in [0, 0.1) is 11.3 Å². The number of hydrogen-bond acceptors (Lipinski definition) is 2. The molecule has 0 saturated heterocycles. The zero-order valence-electron chi connectivity index (χ0n) is 10.1. The first-order chi connectivity index (χ1) is 9.20. The number of thioether (sulfide) groups is 1. The van der Waals surface area contributed by atoms with Crippen LogP contribution in [0.25, 0.3) is 0 Å². The molecule has 96 valence electrons. The highest BCUT2D eigenvalue weighted by Gasteiger charge is 2.05. The van der Waals surface area contributed by atoms with Crippen LogP contribution in [-0.4, -0.2) is 0 Å². The smallest absolute Gasteiger partial charge is 0.0991 e. The molecule has 0 spiro atoms. The van der Waals surface area contributed by atoms with Gasteiger partial charge in [-0.1, -0.05) is 41.4 Å². The molecule has 0 fully saturated rings. The Balaban J connectivity index is 1.95. The van der Waals surface area contributed by atoms with Crippen LogP contribution in [-0.2, 0) is 11.5 Å². The Labute approximate surface area is 127 Å². The van der Waals surface area contributed by atoms with Gasteiger partial charge < -0.3 is 0 Å². The fourth-order valence-electron chi connectivity index (χ4n) is 1.62. The van der Waals surface area contributed by atoms with Crippen LogP contribution in [0.1, 0.15) is 16.7 Å². The highest BCUT2D eigenvalue weighted by atomic mass is 35.5. The first-order valence-corrected chi connectivity index (χ1v) is 7.61. The van der Waals surface area contributed by atoms with Gasteiger partial charge in [0.05, 0.1) is 11.6 Å². The van der Waals surface area contributed by atoms with Crippen LogP contribution in [0.2, 0.25) is 10.0 Å². The number of hydrogen-bond donors (Lipinski definition) is 0. The number of nitrogens with zero attached hydrogens (tertiary/aromatic N) is 1. The SMILES string of the molecule is N#Cc1ccc(CSCc2c(Cl)cccc2Cl)cc1. The van der Waals surface area contributed by atoms with Crippen molar-refractivity contribution in [3.63, 3.8) is 0 Å². The van der Waals surface area contributed by atoms with Crippen molar-refractivity contribution in [1.29, 1.82) is 5.26 Å². The van der Waals surface area contributed by atoms with Crippen molar-refractivity contribution in [2.24, 2.45) is 0 Å². The van der Waals surface area contributed by atoms with Crippen molar-refractivity contribution in [2.45, 2.75) is 11.5 Å². The van der Waals surface area contributed by atoms with Crippen LogP contribution >= 0.6 is 35.0 Å². The second-order valence-corrected chi connectivity index (χ2v) is 5.80. The van der Waals surface area contributed by atoms with Crippen molar-refractivity contribution in [3.8, 4) is 6.07 Å². The van der Waals surface area contributed by atoms with Crippen molar-refractivity contribution in [3.05, 3.63) is 69.2 Å². The lowest BCUT2D eigenvalue weighted by Crippen LogP contribution is -1.87. The van der Waals surface area contributed by atoms with Gasteiger partial charge in [0.1, 0.15) is 0 Å². The predicted molar refractivity (Wildman–Crippen MR) is 82.6 cm³/mol. The standard InChI is InChI=1S/C15H11Cl2NS/c16-14-2-1-3-15(17)13(14)10-19-9-12-6-4-11(8-18)5-7-12/h1-7H,9-10H2. The quantitative estimate of drug-likeness (QED) is 0.765. The summed E-state index contributed by atoms with van der Waals surface area (Å²) < 4.78 is 0. The Morgan fingerprint density at radius 2 is 1.58 bits per heavy atom. The van der Waals surface area contributed by atoms with Crippen molar-refractivity contribution in [2.75, 3.05) is 0 Å². The Kier molecular flexibility index (Phi) is 5.15. The van der Waals surface area contributed by atoms with Gasteiger partial charge in [-0.15, -0.1) is 0 Å². The van der Waals surface area contributed by atoms with E-state index in [9.17, 15) is 0 Å². The van der Waals surface area contributed by atoms with Gasteiger partial charge in [-0.2, -0.15) is 17.0 Å². The second-order valence-electron chi connectivity index (χ2n) is 4.00. The third-order valence-electron chi connectivity index (χ3n) is 2.66.